The van der Waals surface area contributed by atoms with E-state index < -0.39 is 10.8 Å². The molecule has 1 heterocycles. The standard InChI is InChI=1S/C19H17Cl2NO3S2/c20-14-5-1-12(2-6-14)16(26-11-18(24)25)9-19(22-17(23)10-27-19)13-3-7-15(21)8-4-13/h1-8,16H,9-11H2,(H,22,23)(H,24,25)/t16-,19-/m1/s1. The second kappa shape index (κ2) is 8.78. The first kappa shape index (κ1) is 20.4. The third-order valence-electron chi connectivity index (χ3n) is 4.22. The van der Waals surface area contributed by atoms with Crippen LogP contribution in [0.2, 0.25) is 10.0 Å². The van der Waals surface area contributed by atoms with Crippen molar-refractivity contribution in [2.24, 2.45) is 0 Å². The van der Waals surface area contributed by atoms with Crippen molar-refractivity contribution in [1.29, 1.82) is 0 Å². The van der Waals surface area contributed by atoms with Crippen molar-refractivity contribution < 1.29 is 14.7 Å². The van der Waals surface area contributed by atoms with E-state index in [-0.39, 0.29) is 16.9 Å². The lowest BCUT2D eigenvalue weighted by Crippen LogP contribution is -2.38. The number of hydrogen-bond acceptors (Lipinski definition) is 4. The highest BCUT2D eigenvalue weighted by molar-refractivity contribution is 8.01. The average molecular weight is 442 g/mol. The summed E-state index contributed by atoms with van der Waals surface area (Å²) < 4.78 is 0. The van der Waals surface area contributed by atoms with Gasteiger partial charge in [-0.3, -0.25) is 9.59 Å². The van der Waals surface area contributed by atoms with Crippen molar-refractivity contribution in [1.82, 2.24) is 5.32 Å². The van der Waals surface area contributed by atoms with E-state index in [1.165, 1.54) is 23.5 Å². The molecule has 1 fully saturated rings. The molecule has 0 saturated carbocycles. The zero-order valence-corrected chi connectivity index (χ0v) is 17.3. The number of benzene rings is 2. The summed E-state index contributed by atoms with van der Waals surface area (Å²) in [5.74, 6) is -0.571. The number of thioether (sulfide) groups is 2. The molecule has 27 heavy (non-hydrogen) atoms. The fourth-order valence-corrected chi connectivity index (χ4v) is 5.61. The van der Waals surface area contributed by atoms with Crippen LogP contribution in [-0.4, -0.2) is 28.5 Å². The summed E-state index contributed by atoms with van der Waals surface area (Å²) in [5.41, 5.74) is 1.92. The van der Waals surface area contributed by atoms with Crippen molar-refractivity contribution in [3.8, 4) is 0 Å². The second-order valence-electron chi connectivity index (χ2n) is 6.12. The number of nitrogens with one attached hydrogen (secondary N) is 1. The van der Waals surface area contributed by atoms with E-state index in [0.717, 1.165) is 11.1 Å². The molecule has 2 atom stereocenters. The summed E-state index contributed by atoms with van der Waals surface area (Å²) in [5, 5.41) is 13.4. The van der Waals surface area contributed by atoms with Crippen molar-refractivity contribution in [2.75, 3.05) is 11.5 Å². The Labute approximate surface area is 176 Å². The fourth-order valence-electron chi connectivity index (χ4n) is 2.97. The van der Waals surface area contributed by atoms with Crippen LogP contribution in [0.25, 0.3) is 0 Å². The van der Waals surface area contributed by atoms with Gasteiger partial charge in [-0.2, -0.15) is 0 Å². The predicted octanol–water partition coefficient (Wildman–Crippen LogP) is 4.96. The minimum atomic E-state index is -0.873. The molecule has 8 heteroatoms. The van der Waals surface area contributed by atoms with E-state index in [9.17, 15) is 9.59 Å². The van der Waals surface area contributed by atoms with Crippen molar-refractivity contribution >= 4 is 58.6 Å². The van der Waals surface area contributed by atoms with Gasteiger partial charge in [-0.25, -0.2) is 0 Å². The quantitative estimate of drug-likeness (QED) is 0.635. The fraction of sp³-hybridized carbons (Fsp3) is 0.263. The van der Waals surface area contributed by atoms with Crippen molar-refractivity contribution in [3.63, 3.8) is 0 Å². The summed E-state index contributed by atoms with van der Waals surface area (Å²) in [6.45, 7) is 0. The van der Waals surface area contributed by atoms with Gasteiger partial charge in [-0.1, -0.05) is 47.5 Å². The lowest BCUT2D eigenvalue weighted by Gasteiger charge is -2.33. The number of hydrogen-bond donors (Lipinski definition) is 2. The zero-order chi connectivity index (χ0) is 19.4. The molecule has 2 aromatic rings. The van der Waals surface area contributed by atoms with Crippen LogP contribution < -0.4 is 5.32 Å². The van der Waals surface area contributed by atoms with Crippen molar-refractivity contribution in [3.05, 3.63) is 69.7 Å². The van der Waals surface area contributed by atoms with E-state index in [1.54, 1.807) is 24.3 Å². The minimum Gasteiger partial charge on any atom is -0.481 e. The van der Waals surface area contributed by atoms with Crippen LogP contribution in [0, 0.1) is 0 Å². The topological polar surface area (TPSA) is 66.4 Å². The second-order valence-corrected chi connectivity index (χ2v) is 9.46. The van der Waals surface area contributed by atoms with E-state index in [0.29, 0.717) is 22.2 Å². The third-order valence-corrected chi connectivity index (χ3v) is 7.39. The number of rotatable bonds is 7. The summed E-state index contributed by atoms with van der Waals surface area (Å²) in [6, 6.07) is 14.8. The number of carboxylic acid groups (broad SMARTS) is 1. The number of halogens is 2. The number of carboxylic acids is 1. The number of carbonyl (C=O) groups is 2. The number of amides is 1. The van der Waals surface area contributed by atoms with Gasteiger partial charge in [0, 0.05) is 21.7 Å². The molecule has 3 rings (SSSR count). The minimum absolute atomic E-state index is 0.0252. The Bertz CT molecular complexity index is 830. The molecule has 0 radical (unpaired) electrons. The first-order valence-corrected chi connectivity index (χ1v) is 11.0. The SMILES string of the molecule is O=C(O)CS[C@H](C[C@@]1(c2ccc(Cl)cc2)NC(=O)CS1)c1ccc(Cl)cc1. The third kappa shape index (κ3) is 5.13. The summed E-state index contributed by atoms with van der Waals surface area (Å²) >= 11 is 14.9. The van der Waals surface area contributed by atoms with Gasteiger partial charge in [0.15, 0.2) is 0 Å². The van der Waals surface area contributed by atoms with Gasteiger partial charge in [0.25, 0.3) is 0 Å². The molecule has 2 aromatic carbocycles. The molecular formula is C19H17Cl2NO3S2. The van der Waals surface area contributed by atoms with E-state index in [4.69, 9.17) is 28.3 Å². The van der Waals surface area contributed by atoms with Crippen LogP contribution in [0.3, 0.4) is 0 Å². The van der Waals surface area contributed by atoms with Gasteiger partial charge in [-0.15, -0.1) is 23.5 Å². The van der Waals surface area contributed by atoms with Gasteiger partial charge in [0.05, 0.1) is 11.5 Å². The van der Waals surface area contributed by atoms with Crippen LogP contribution in [0.4, 0.5) is 0 Å². The molecule has 142 valence electrons. The normalized spacial score (nSPS) is 20.3. The Balaban J connectivity index is 1.94. The average Bonchev–Trinajstić information content (AvgIpc) is 3.01. The zero-order valence-electron chi connectivity index (χ0n) is 14.2. The molecule has 0 spiro atoms. The van der Waals surface area contributed by atoms with E-state index in [1.807, 2.05) is 24.3 Å². The van der Waals surface area contributed by atoms with Gasteiger partial charge >= 0.3 is 5.97 Å². The number of aliphatic carboxylic acids is 1. The van der Waals surface area contributed by atoms with Crippen LogP contribution >= 0.6 is 46.7 Å². The highest BCUT2D eigenvalue weighted by Crippen LogP contribution is 2.48. The van der Waals surface area contributed by atoms with E-state index >= 15 is 0 Å². The van der Waals surface area contributed by atoms with Gasteiger partial charge in [-0.05, 0) is 35.4 Å². The molecule has 4 nitrogen and oxygen atoms in total. The van der Waals surface area contributed by atoms with Crippen molar-refractivity contribution in [2.45, 2.75) is 16.5 Å². The van der Waals surface area contributed by atoms with Gasteiger partial charge < -0.3 is 10.4 Å². The Morgan fingerprint density at radius 1 is 1.15 bits per heavy atom. The molecule has 0 aliphatic carbocycles. The molecule has 0 unspecified atom stereocenters. The Kier molecular flexibility index (Phi) is 6.63. The number of carbonyl (C=O) groups excluding carboxylic acids is 1. The van der Waals surface area contributed by atoms with Crippen LogP contribution in [-0.2, 0) is 14.5 Å². The van der Waals surface area contributed by atoms with Gasteiger partial charge in [0.1, 0.15) is 4.87 Å². The smallest absolute Gasteiger partial charge is 0.313 e. The first-order valence-electron chi connectivity index (χ1n) is 8.18. The summed E-state index contributed by atoms with van der Waals surface area (Å²) in [6.07, 6.45) is 0.546. The Hall–Kier alpha value is -1.34. The molecule has 1 amide bonds. The maximum Gasteiger partial charge on any atom is 0.313 e. The maximum absolute atomic E-state index is 12.1. The van der Waals surface area contributed by atoms with Crippen LogP contribution in [0.15, 0.2) is 48.5 Å². The molecule has 1 aliphatic heterocycles. The van der Waals surface area contributed by atoms with Crippen LogP contribution in [0.5, 0.6) is 0 Å². The lowest BCUT2D eigenvalue weighted by molar-refractivity contribution is -0.134. The molecular weight excluding hydrogens is 425 g/mol. The summed E-state index contributed by atoms with van der Waals surface area (Å²) in [7, 11) is 0. The van der Waals surface area contributed by atoms with E-state index in [2.05, 4.69) is 5.32 Å². The molecule has 2 N–H and O–H groups in total. The molecule has 0 aromatic heterocycles. The monoisotopic (exact) mass is 441 g/mol. The van der Waals surface area contributed by atoms with Crippen LogP contribution in [0.1, 0.15) is 22.8 Å². The highest BCUT2D eigenvalue weighted by Gasteiger charge is 2.42. The molecule has 1 aliphatic rings. The molecule has 0 bridgehead atoms. The Morgan fingerprint density at radius 3 is 2.26 bits per heavy atom. The predicted molar refractivity (Wildman–Crippen MR) is 113 cm³/mol. The summed E-state index contributed by atoms with van der Waals surface area (Å²) in [4.78, 5) is 22.6. The maximum atomic E-state index is 12.1. The highest BCUT2D eigenvalue weighted by atomic mass is 35.5. The molecule has 1 saturated heterocycles. The first-order chi connectivity index (χ1) is 12.9. The van der Waals surface area contributed by atoms with Gasteiger partial charge in [0.2, 0.25) is 5.91 Å². The Morgan fingerprint density at radius 2 is 1.74 bits per heavy atom. The lowest BCUT2D eigenvalue weighted by atomic mass is 9.97. The largest absolute Gasteiger partial charge is 0.481 e.